The van der Waals surface area contributed by atoms with Gasteiger partial charge in [-0.25, -0.2) is 0 Å². The van der Waals surface area contributed by atoms with Crippen LogP contribution in [-0.2, 0) is 19.1 Å². The number of hydrogen-bond acceptors (Lipinski definition) is 7. The van der Waals surface area contributed by atoms with E-state index in [1.807, 2.05) is 12.1 Å². The quantitative estimate of drug-likeness (QED) is 0.576. The van der Waals surface area contributed by atoms with E-state index >= 15 is 0 Å². The molecule has 120 valence electrons. The first-order valence-electron chi connectivity index (χ1n) is 6.62. The monoisotopic (exact) mass is 316 g/mol. The first-order valence-corrected chi connectivity index (χ1v) is 6.62. The van der Waals surface area contributed by atoms with Gasteiger partial charge >= 0.3 is 11.9 Å². The predicted molar refractivity (Wildman–Crippen MR) is 78.0 cm³/mol. The SMILES string of the molecule is COC(=O)C(C(=O)OC)C(c1ccc(OC)cc1)C(C#N)C#N. The lowest BCUT2D eigenvalue weighted by Gasteiger charge is -2.24. The molecule has 1 rings (SSSR count). The summed E-state index contributed by atoms with van der Waals surface area (Å²) in [5, 5.41) is 18.4. The first kappa shape index (κ1) is 18.0. The van der Waals surface area contributed by atoms with Crippen molar-refractivity contribution in [2.24, 2.45) is 11.8 Å². The number of carbonyl (C=O) groups excluding carboxylic acids is 2. The van der Waals surface area contributed by atoms with Crippen molar-refractivity contribution in [3.63, 3.8) is 0 Å². The van der Waals surface area contributed by atoms with Gasteiger partial charge in [0.05, 0.1) is 33.5 Å². The Hall–Kier alpha value is -3.06. The highest BCUT2D eigenvalue weighted by molar-refractivity contribution is 5.96. The zero-order valence-corrected chi connectivity index (χ0v) is 13.0. The molecule has 0 spiro atoms. The van der Waals surface area contributed by atoms with Crippen molar-refractivity contribution in [3.8, 4) is 17.9 Å². The lowest BCUT2D eigenvalue weighted by Crippen LogP contribution is -2.35. The van der Waals surface area contributed by atoms with Crippen molar-refractivity contribution >= 4 is 11.9 Å². The van der Waals surface area contributed by atoms with E-state index in [-0.39, 0.29) is 0 Å². The second kappa shape index (κ2) is 8.40. The van der Waals surface area contributed by atoms with Crippen molar-refractivity contribution in [1.82, 2.24) is 0 Å². The molecule has 0 heterocycles. The smallest absolute Gasteiger partial charge is 0.320 e. The van der Waals surface area contributed by atoms with Crippen molar-refractivity contribution in [2.75, 3.05) is 21.3 Å². The van der Waals surface area contributed by atoms with Crippen LogP contribution in [0.4, 0.5) is 0 Å². The highest BCUT2D eigenvalue weighted by Gasteiger charge is 2.42. The Labute approximate surface area is 134 Å². The van der Waals surface area contributed by atoms with Gasteiger partial charge in [-0.05, 0) is 17.7 Å². The maximum absolute atomic E-state index is 12.0. The molecule has 23 heavy (non-hydrogen) atoms. The molecule has 0 bridgehead atoms. The van der Waals surface area contributed by atoms with Crippen LogP contribution in [0.5, 0.6) is 5.75 Å². The number of nitrogens with zero attached hydrogens (tertiary/aromatic N) is 2. The molecule has 1 unspecified atom stereocenters. The highest BCUT2D eigenvalue weighted by Crippen LogP contribution is 2.34. The Bertz CT molecular complexity index is 612. The summed E-state index contributed by atoms with van der Waals surface area (Å²) in [6, 6.07) is 10.0. The largest absolute Gasteiger partial charge is 0.497 e. The molecule has 1 aromatic rings. The van der Waals surface area contributed by atoms with E-state index < -0.39 is 29.7 Å². The number of benzene rings is 1. The van der Waals surface area contributed by atoms with Crippen LogP contribution in [0, 0.1) is 34.5 Å². The number of ether oxygens (including phenoxy) is 3. The van der Waals surface area contributed by atoms with Crippen molar-refractivity contribution in [1.29, 1.82) is 10.5 Å². The minimum atomic E-state index is -1.41. The van der Waals surface area contributed by atoms with Crippen LogP contribution in [0.25, 0.3) is 0 Å². The van der Waals surface area contributed by atoms with Crippen LogP contribution in [0.1, 0.15) is 11.5 Å². The average molecular weight is 316 g/mol. The molecule has 0 aliphatic rings. The van der Waals surface area contributed by atoms with Gasteiger partial charge in [0, 0.05) is 5.92 Å². The molecule has 0 radical (unpaired) electrons. The van der Waals surface area contributed by atoms with E-state index in [1.165, 1.54) is 7.11 Å². The number of esters is 2. The van der Waals surface area contributed by atoms with Crippen LogP contribution in [0.2, 0.25) is 0 Å². The molecule has 1 aromatic carbocycles. The van der Waals surface area contributed by atoms with Crippen LogP contribution >= 0.6 is 0 Å². The maximum atomic E-state index is 12.0. The topological polar surface area (TPSA) is 109 Å². The number of nitriles is 2. The van der Waals surface area contributed by atoms with E-state index in [0.717, 1.165) is 14.2 Å². The van der Waals surface area contributed by atoms with Crippen LogP contribution < -0.4 is 4.74 Å². The normalized spacial score (nSPS) is 11.3. The van der Waals surface area contributed by atoms with E-state index in [2.05, 4.69) is 9.47 Å². The summed E-state index contributed by atoms with van der Waals surface area (Å²) in [5.41, 5.74) is 0.458. The molecule has 0 aliphatic heterocycles. The Balaban J connectivity index is 3.43. The van der Waals surface area contributed by atoms with E-state index in [1.54, 1.807) is 24.3 Å². The highest BCUT2D eigenvalue weighted by atomic mass is 16.5. The van der Waals surface area contributed by atoms with Crippen LogP contribution in [0.3, 0.4) is 0 Å². The summed E-state index contributed by atoms with van der Waals surface area (Å²) < 4.78 is 14.3. The third kappa shape index (κ3) is 3.98. The third-order valence-electron chi connectivity index (χ3n) is 3.41. The fraction of sp³-hybridized carbons (Fsp3) is 0.375. The summed E-state index contributed by atoms with van der Waals surface area (Å²) in [5.74, 6) is -4.84. The number of carbonyl (C=O) groups is 2. The molecule has 0 N–H and O–H groups in total. The van der Waals surface area contributed by atoms with Crippen LogP contribution in [-0.4, -0.2) is 33.3 Å². The van der Waals surface area contributed by atoms with Crippen molar-refractivity contribution in [3.05, 3.63) is 29.8 Å². The Kier molecular flexibility index (Phi) is 6.57. The van der Waals surface area contributed by atoms with Gasteiger partial charge in [0.15, 0.2) is 5.92 Å². The molecule has 0 aliphatic carbocycles. The molecule has 0 saturated carbocycles. The Morgan fingerprint density at radius 2 is 1.43 bits per heavy atom. The summed E-state index contributed by atoms with van der Waals surface area (Å²) in [6.07, 6.45) is 0. The number of rotatable bonds is 6. The van der Waals surface area contributed by atoms with Crippen molar-refractivity contribution < 1.29 is 23.8 Å². The molecule has 0 saturated heterocycles. The molecule has 1 atom stereocenters. The number of hydrogen-bond donors (Lipinski definition) is 0. The van der Waals surface area contributed by atoms with Crippen molar-refractivity contribution in [2.45, 2.75) is 5.92 Å². The second-order valence-corrected chi connectivity index (χ2v) is 4.56. The molecule has 0 fully saturated rings. The lowest BCUT2D eigenvalue weighted by molar-refractivity contribution is -0.160. The van der Waals surface area contributed by atoms with Gasteiger partial charge < -0.3 is 14.2 Å². The Morgan fingerprint density at radius 1 is 0.957 bits per heavy atom. The predicted octanol–water partition coefficient (Wildman–Crippen LogP) is 1.40. The molecular formula is C16H16N2O5. The molecule has 7 heteroatoms. The van der Waals surface area contributed by atoms with Gasteiger partial charge in [0.1, 0.15) is 11.7 Å². The summed E-state index contributed by atoms with van der Waals surface area (Å²) >= 11 is 0. The van der Waals surface area contributed by atoms with Crippen LogP contribution in [0.15, 0.2) is 24.3 Å². The van der Waals surface area contributed by atoms with Gasteiger partial charge in [-0.15, -0.1) is 0 Å². The standard InChI is InChI=1S/C16H16N2O5/c1-21-12-6-4-10(5-7-12)13(11(8-17)9-18)14(15(19)22-2)16(20)23-3/h4-7,11,13-14H,1-3H3. The summed E-state index contributed by atoms with van der Waals surface area (Å²) in [7, 11) is 3.74. The zero-order valence-electron chi connectivity index (χ0n) is 13.0. The fourth-order valence-corrected chi connectivity index (χ4v) is 2.24. The molecule has 0 amide bonds. The second-order valence-electron chi connectivity index (χ2n) is 4.56. The zero-order chi connectivity index (χ0) is 17.4. The lowest BCUT2D eigenvalue weighted by atomic mass is 9.77. The van der Waals surface area contributed by atoms with E-state index in [0.29, 0.717) is 11.3 Å². The summed E-state index contributed by atoms with van der Waals surface area (Å²) in [6.45, 7) is 0. The average Bonchev–Trinajstić information content (AvgIpc) is 2.61. The number of methoxy groups -OCH3 is 3. The first-order chi connectivity index (χ1) is 11.0. The Morgan fingerprint density at radius 3 is 1.78 bits per heavy atom. The van der Waals surface area contributed by atoms with E-state index in [9.17, 15) is 20.1 Å². The van der Waals surface area contributed by atoms with E-state index in [4.69, 9.17) is 4.74 Å². The van der Waals surface area contributed by atoms with Gasteiger partial charge in [0.25, 0.3) is 0 Å². The molecule has 0 aromatic heterocycles. The fourth-order valence-electron chi connectivity index (χ4n) is 2.24. The van der Waals surface area contributed by atoms with Gasteiger partial charge in [-0.2, -0.15) is 10.5 Å². The minimum Gasteiger partial charge on any atom is -0.497 e. The summed E-state index contributed by atoms with van der Waals surface area (Å²) in [4.78, 5) is 24.0. The van der Waals surface area contributed by atoms with Gasteiger partial charge in [-0.3, -0.25) is 9.59 Å². The van der Waals surface area contributed by atoms with Gasteiger partial charge in [0.2, 0.25) is 0 Å². The molecule has 7 nitrogen and oxygen atoms in total. The minimum absolute atomic E-state index is 0.458. The van der Waals surface area contributed by atoms with Gasteiger partial charge in [-0.1, -0.05) is 12.1 Å². The molecular weight excluding hydrogens is 300 g/mol. The maximum Gasteiger partial charge on any atom is 0.320 e. The third-order valence-corrected chi connectivity index (χ3v) is 3.41.